The molecule has 0 aliphatic heterocycles. The first-order valence-corrected chi connectivity index (χ1v) is 7.65. The highest BCUT2D eigenvalue weighted by Gasteiger charge is 2.18. The highest BCUT2D eigenvalue weighted by molar-refractivity contribution is 5.85. The molecule has 2 aromatic carbocycles. The van der Waals surface area contributed by atoms with Crippen LogP contribution in [0.1, 0.15) is 37.0 Å². The summed E-state index contributed by atoms with van der Waals surface area (Å²) in [6.45, 7) is 4.52. The van der Waals surface area contributed by atoms with Crippen molar-refractivity contribution in [3.05, 3.63) is 47.0 Å². The largest absolute Gasteiger partial charge is 0.303 e. The van der Waals surface area contributed by atoms with Gasteiger partial charge in [0.1, 0.15) is 6.29 Å². The van der Waals surface area contributed by atoms with Crippen LogP contribution in [-0.4, -0.2) is 6.29 Å². The zero-order chi connectivity index (χ0) is 14.1. The summed E-state index contributed by atoms with van der Waals surface area (Å²) in [6, 6.07) is 11.4. The monoisotopic (exact) mass is 266 g/mol. The number of hydrogen-bond acceptors (Lipinski definition) is 1. The van der Waals surface area contributed by atoms with Crippen molar-refractivity contribution in [3.8, 4) is 0 Å². The lowest BCUT2D eigenvalue weighted by Gasteiger charge is -2.21. The standard InChI is InChI=1S/C19H22O/c1-13(2)7-14-3-5-16-11-19-9-15(12-20)4-6-17(19)10-18(16)8-14/h3,5,8,10-13,15H,4,6-7,9H2,1-2H3. The van der Waals surface area contributed by atoms with Gasteiger partial charge >= 0.3 is 0 Å². The van der Waals surface area contributed by atoms with Crippen LogP contribution in [0, 0.1) is 11.8 Å². The molecule has 1 aliphatic rings. The lowest BCUT2D eigenvalue weighted by Crippen LogP contribution is -2.15. The number of aryl methyl sites for hydroxylation is 1. The Bertz CT molecular complexity index is 640. The maximum atomic E-state index is 11.0. The molecule has 0 amide bonds. The van der Waals surface area contributed by atoms with Crippen LogP contribution >= 0.6 is 0 Å². The SMILES string of the molecule is CC(C)Cc1ccc2cc3c(cc2c1)CCC(C=O)C3. The molecule has 3 rings (SSSR count). The van der Waals surface area contributed by atoms with Crippen molar-refractivity contribution in [2.24, 2.45) is 11.8 Å². The lowest BCUT2D eigenvalue weighted by atomic mass is 9.83. The van der Waals surface area contributed by atoms with E-state index >= 15 is 0 Å². The maximum Gasteiger partial charge on any atom is 0.123 e. The Hall–Kier alpha value is -1.63. The zero-order valence-corrected chi connectivity index (χ0v) is 12.4. The number of carbonyl (C=O) groups excluding carboxylic acids is 1. The summed E-state index contributed by atoms with van der Waals surface area (Å²) in [7, 11) is 0. The van der Waals surface area contributed by atoms with Gasteiger partial charge in [-0.15, -0.1) is 0 Å². The van der Waals surface area contributed by atoms with E-state index in [0.717, 1.165) is 32.0 Å². The van der Waals surface area contributed by atoms with Gasteiger partial charge < -0.3 is 4.79 Å². The Labute approximate surface area is 121 Å². The van der Waals surface area contributed by atoms with Crippen LogP contribution in [0.5, 0.6) is 0 Å². The topological polar surface area (TPSA) is 17.1 Å². The van der Waals surface area contributed by atoms with Gasteiger partial charge in [0.15, 0.2) is 0 Å². The van der Waals surface area contributed by atoms with Gasteiger partial charge in [0.05, 0.1) is 0 Å². The van der Waals surface area contributed by atoms with E-state index in [-0.39, 0.29) is 5.92 Å². The van der Waals surface area contributed by atoms with Gasteiger partial charge in [-0.25, -0.2) is 0 Å². The highest BCUT2D eigenvalue weighted by atomic mass is 16.1. The van der Waals surface area contributed by atoms with Gasteiger partial charge in [-0.2, -0.15) is 0 Å². The van der Waals surface area contributed by atoms with E-state index in [1.54, 1.807) is 0 Å². The molecule has 1 nitrogen and oxygen atoms in total. The van der Waals surface area contributed by atoms with Crippen LogP contribution in [-0.2, 0) is 24.1 Å². The number of aldehydes is 1. The molecule has 0 heterocycles. The van der Waals surface area contributed by atoms with Gasteiger partial charge in [-0.1, -0.05) is 44.2 Å². The third-order valence-electron chi connectivity index (χ3n) is 4.33. The second-order valence-corrected chi connectivity index (χ2v) is 6.54. The normalized spacial score (nSPS) is 18.2. The Morgan fingerprint density at radius 2 is 1.95 bits per heavy atom. The first-order valence-electron chi connectivity index (χ1n) is 7.65. The predicted molar refractivity (Wildman–Crippen MR) is 84.1 cm³/mol. The zero-order valence-electron chi connectivity index (χ0n) is 12.4. The van der Waals surface area contributed by atoms with Crippen molar-refractivity contribution in [1.82, 2.24) is 0 Å². The summed E-state index contributed by atoms with van der Waals surface area (Å²) < 4.78 is 0. The number of hydrogen-bond donors (Lipinski definition) is 0. The molecule has 1 atom stereocenters. The molecule has 0 spiro atoms. The van der Waals surface area contributed by atoms with Gasteiger partial charge in [-0.3, -0.25) is 0 Å². The van der Waals surface area contributed by atoms with Crippen molar-refractivity contribution in [3.63, 3.8) is 0 Å². The number of fused-ring (bicyclic) bond motifs is 2. The first kappa shape index (κ1) is 13.4. The first-order chi connectivity index (χ1) is 9.65. The van der Waals surface area contributed by atoms with Crippen LogP contribution < -0.4 is 0 Å². The molecule has 1 heteroatoms. The molecule has 0 aromatic heterocycles. The van der Waals surface area contributed by atoms with E-state index in [0.29, 0.717) is 5.92 Å². The van der Waals surface area contributed by atoms with Crippen molar-refractivity contribution in [2.75, 3.05) is 0 Å². The van der Waals surface area contributed by atoms with E-state index in [2.05, 4.69) is 44.2 Å². The Kier molecular flexibility index (Phi) is 3.60. The molecule has 1 aliphatic carbocycles. The summed E-state index contributed by atoms with van der Waals surface area (Å²) >= 11 is 0. The molecular weight excluding hydrogens is 244 g/mol. The minimum absolute atomic E-state index is 0.222. The molecule has 0 N–H and O–H groups in total. The van der Waals surface area contributed by atoms with Crippen LogP contribution in [0.4, 0.5) is 0 Å². The van der Waals surface area contributed by atoms with Crippen LogP contribution in [0.3, 0.4) is 0 Å². The fraction of sp³-hybridized carbons (Fsp3) is 0.421. The van der Waals surface area contributed by atoms with Gasteiger partial charge in [0.25, 0.3) is 0 Å². The van der Waals surface area contributed by atoms with Crippen molar-refractivity contribution in [1.29, 1.82) is 0 Å². The van der Waals surface area contributed by atoms with E-state index in [1.807, 2.05) is 0 Å². The molecule has 20 heavy (non-hydrogen) atoms. The summed E-state index contributed by atoms with van der Waals surface area (Å²) in [5, 5.41) is 2.66. The van der Waals surface area contributed by atoms with E-state index < -0.39 is 0 Å². The minimum atomic E-state index is 0.222. The number of rotatable bonds is 3. The third-order valence-corrected chi connectivity index (χ3v) is 4.33. The summed E-state index contributed by atoms with van der Waals surface area (Å²) in [6.07, 6.45) is 5.23. The van der Waals surface area contributed by atoms with E-state index in [1.165, 1.54) is 27.5 Å². The van der Waals surface area contributed by atoms with Crippen LogP contribution in [0.15, 0.2) is 30.3 Å². The summed E-state index contributed by atoms with van der Waals surface area (Å²) in [4.78, 5) is 11.0. The van der Waals surface area contributed by atoms with Gasteiger partial charge in [-0.05, 0) is 59.1 Å². The number of carbonyl (C=O) groups is 1. The Morgan fingerprint density at radius 1 is 1.15 bits per heavy atom. The fourth-order valence-electron chi connectivity index (χ4n) is 3.30. The Balaban J connectivity index is 1.99. The number of benzene rings is 2. The summed E-state index contributed by atoms with van der Waals surface area (Å²) in [5.41, 5.74) is 4.24. The summed E-state index contributed by atoms with van der Waals surface area (Å²) in [5.74, 6) is 0.915. The van der Waals surface area contributed by atoms with Crippen molar-refractivity contribution in [2.45, 2.75) is 39.5 Å². The highest BCUT2D eigenvalue weighted by Crippen LogP contribution is 2.29. The van der Waals surface area contributed by atoms with Gasteiger partial charge in [0.2, 0.25) is 0 Å². The minimum Gasteiger partial charge on any atom is -0.303 e. The fourth-order valence-corrected chi connectivity index (χ4v) is 3.30. The van der Waals surface area contributed by atoms with Crippen molar-refractivity contribution >= 4 is 17.1 Å². The lowest BCUT2D eigenvalue weighted by molar-refractivity contribution is -0.111. The van der Waals surface area contributed by atoms with E-state index in [9.17, 15) is 4.79 Å². The quantitative estimate of drug-likeness (QED) is 0.755. The maximum absolute atomic E-state index is 11.0. The molecule has 104 valence electrons. The average molecular weight is 266 g/mol. The molecule has 0 saturated heterocycles. The van der Waals surface area contributed by atoms with E-state index in [4.69, 9.17) is 0 Å². The molecule has 0 fully saturated rings. The molecule has 0 radical (unpaired) electrons. The average Bonchev–Trinajstić information content (AvgIpc) is 2.44. The molecule has 1 unspecified atom stereocenters. The van der Waals surface area contributed by atoms with Crippen molar-refractivity contribution < 1.29 is 4.79 Å². The smallest absolute Gasteiger partial charge is 0.123 e. The van der Waals surface area contributed by atoms with Crippen LogP contribution in [0.25, 0.3) is 10.8 Å². The second-order valence-electron chi connectivity index (χ2n) is 6.54. The third kappa shape index (κ3) is 2.63. The Morgan fingerprint density at radius 3 is 2.70 bits per heavy atom. The predicted octanol–water partition coefficient (Wildman–Crippen LogP) is 4.34. The molecule has 0 saturated carbocycles. The molecule has 2 aromatic rings. The molecule has 0 bridgehead atoms. The molecular formula is C19H22O. The van der Waals surface area contributed by atoms with Crippen LogP contribution in [0.2, 0.25) is 0 Å². The second kappa shape index (κ2) is 5.40. The van der Waals surface area contributed by atoms with Gasteiger partial charge in [0, 0.05) is 5.92 Å².